The SMILES string of the molecule is COc1ccc(S(=O)(=O)N(CC(=O)N(Cc2cccc(Br)c2)[C@H](Cc2ccccc2)C(=O)NC2CCCC2)c2cccc(Cl)c2)cc1. The number of amides is 2. The van der Waals surface area contributed by atoms with Gasteiger partial charge in [0.2, 0.25) is 11.8 Å². The highest BCUT2D eigenvalue weighted by atomic mass is 79.9. The van der Waals surface area contributed by atoms with E-state index in [0.717, 1.165) is 45.6 Å². The molecule has 1 atom stereocenters. The van der Waals surface area contributed by atoms with Crippen LogP contribution in [0.3, 0.4) is 0 Å². The van der Waals surface area contributed by atoms with Gasteiger partial charge in [-0.1, -0.05) is 88.9 Å². The number of ether oxygens (including phenoxy) is 1. The first-order valence-electron chi connectivity index (χ1n) is 15.4. The number of carbonyl (C=O) groups is 2. The zero-order valence-electron chi connectivity index (χ0n) is 26.0. The number of sulfonamides is 1. The summed E-state index contributed by atoms with van der Waals surface area (Å²) in [6.45, 7) is -0.482. The minimum absolute atomic E-state index is 0.0237. The summed E-state index contributed by atoms with van der Waals surface area (Å²) in [7, 11) is -2.77. The Kier molecular flexibility index (Phi) is 11.6. The van der Waals surface area contributed by atoms with Crippen LogP contribution in [0, 0.1) is 0 Å². The lowest BCUT2D eigenvalue weighted by Gasteiger charge is -2.34. The summed E-state index contributed by atoms with van der Waals surface area (Å²) in [6.07, 6.45) is 4.08. The van der Waals surface area contributed by atoms with Crippen LogP contribution in [0.2, 0.25) is 5.02 Å². The number of hydrogen-bond acceptors (Lipinski definition) is 5. The van der Waals surface area contributed by atoms with Gasteiger partial charge in [0.1, 0.15) is 18.3 Å². The van der Waals surface area contributed by atoms with Gasteiger partial charge in [-0.15, -0.1) is 0 Å². The standard InChI is InChI=1S/C36H37BrClN3O5S/c1-46-32-17-19-33(20-18-32)47(44,45)41(31-16-8-13-29(38)23-31)25-35(42)40(24-27-11-7-12-28(37)21-27)34(22-26-9-3-2-4-10-26)36(43)39-30-14-5-6-15-30/h2-4,7-13,16-21,23,30,34H,5-6,14-15,22,24-25H2,1H3,(H,39,43)/t34-/m1/s1. The van der Waals surface area contributed by atoms with E-state index in [2.05, 4.69) is 21.2 Å². The molecule has 246 valence electrons. The fraction of sp³-hybridized carbons (Fsp3) is 0.278. The molecule has 4 aromatic carbocycles. The average molecular weight is 739 g/mol. The van der Waals surface area contributed by atoms with E-state index in [1.54, 1.807) is 30.3 Å². The second-order valence-electron chi connectivity index (χ2n) is 11.5. The third-order valence-electron chi connectivity index (χ3n) is 8.24. The molecule has 47 heavy (non-hydrogen) atoms. The smallest absolute Gasteiger partial charge is 0.264 e. The van der Waals surface area contributed by atoms with E-state index in [-0.39, 0.29) is 35.5 Å². The van der Waals surface area contributed by atoms with Crippen molar-refractivity contribution in [2.24, 2.45) is 0 Å². The molecule has 5 rings (SSSR count). The molecule has 0 unspecified atom stereocenters. The maximum Gasteiger partial charge on any atom is 0.264 e. The Hall–Kier alpha value is -3.86. The maximum absolute atomic E-state index is 14.6. The Bertz CT molecular complexity index is 1780. The Morgan fingerprint density at radius 1 is 0.915 bits per heavy atom. The lowest BCUT2D eigenvalue weighted by atomic mass is 10.0. The van der Waals surface area contributed by atoms with Crippen molar-refractivity contribution in [1.82, 2.24) is 10.2 Å². The summed E-state index contributed by atoms with van der Waals surface area (Å²) in [5.74, 6) is -0.312. The van der Waals surface area contributed by atoms with E-state index in [0.29, 0.717) is 10.8 Å². The maximum atomic E-state index is 14.6. The molecule has 8 nitrogen and oxygen atoms in total. The van der Waals surface area contributed by atoms with Crippen molar-refractivity contribution in [3.63, 3.8) is 0 Å². The first-order valence-corrected chi connectivity index (χ1v) is 18.1. The van der Waals surface area contributed by atoms with Gasteiger partial charge in [-0.05, 0) is 78.6 Å². The Labute approximate surface area is 289 Å². The van der Waals surface area contributed by atoms with E-state index in [9.17, 15) is 18.0 Å². The number of nitrogens with zero attached hydrogens (tertiary/aromatic N) is 2. The average Bonchev–Trinajstić information content (AvgIpc) is 3.58. The third-order valence-corrected chi connectivity index (χ3v) is 10.8. The number of rotatable bonds is 13. The Morgan fingerprint density at radius 3 is 2.26 bits per heavy atom. The van der Waals surface area contributed by atoms with Crippen LogP contribution in [-0.2, 0) is 32.6 Å². The van der Waals surface area contributed by atoms with Crippen molar-refractivity contribution >= 4 is 55.1 Å². The van der Waals surface area contributed by atoms with Gasteiger partial charge in [-0.25, -0.2) is 8.42 Å². The van der Waals surface area contributed by atoms with Crippen LogP contribution < -0.4 is 14.4 Å². The normalized spacial score (nSPS) is 13.9. The van der Waals surface area contributed by atoms with Crippen LogP contribution in [0.5, 0.6) is 5.75 Å². The topological polar surface area (TPSA) is 96.0 Å². The number of nitrogens with one attached hydrogen (secondary N) is 1. The van der Waals surface area contributed by atoms with Crippen molar-refractivity contribution in [3.8, 4) is 5.75 Å². The fourth-order valence-corrected chi connectivity index (χ4v) is 7.83. The summed E-state index contributed by atoms with van der Waals surface area (Å²) in [5.41, 5.74) is 1.88. The summed E-state index contributed by atoms with van der Waals surface area (Å²) in [6, 6.07) is 28.5. The van der Waals surface area contributed by atoms with E-state index in [1.165, 1.54) is 30.2 Å². The lowest BCUT2D eigenvalue weighted by molar-refractivity contribution is -0.140. The monoisotopic (exact) mass is 737 g/mol. The first kappa shape index (κ1) is 34.5. The van der Waals surface area contributed by atoms with Crippen molar-refractivity contribution in [3.05, 3.63) is 124 Å². The number of benzene rings is 4. The third kappa shape index (κ3) is 8.94. The number of carbonyl (C=O) groups excluding carboxylic acids is 2. The molecular formula is C36H37BrClN3O5S. The van der Waals surface area contributed by atoms with E-state index in [4.69, 9.17) is 16.3 Å². The van der Waals surface area contributed by atoms with Gasteiger partial charge in [0.25, 0.3) is 10.0 Å². The van der Waals surface area contributed by atoms with Gasteiger partial charge in [0.15, 0.2) is 0 Å². The van der Waals surface area contributed by atoms with Gasteiger partial charge >= 0.3 is 0 Å². The molecule has 0 spiro atoms. The highest BCUT2D eigenvalue weighted by Crippen LogP contribution is 2.28. The van der Waals surface area contributed by atoms with Crippen molar-refractivity contribution in [2.75, 3.05) is 18.0 Å². The van der Waals surface area contributed by atoms with Crippen LogP contribution in [0.1, 0.15) is 36.8 Å². The van der Waals surface area contributed by atoms with Crippen LogP contribution in [0.15, 0.2) is 112 Å². The van der Waals surface area contributed by atoms with E-state index in [1.807, 2.05) is 54.6 Å². The predicted octanol–water partition coefficient (Wildman–Crippen LogP) is 7.01. The molecule has 0 heterocycles. The fourth-order valence-electron chi connectivity index (χ4n) is 5.79. The molecule has 1 aliphatic rings. The molecule has 0 aromatic heterocycles. The molecule has 0 bridgehead atoms. The summed E-state index contributed by atoms with van der Waals surface area (Å²) in [5, 5.41) is 3.50. The largest absolute Gasteiger partial charge is 0.497 e. The van der Waals surface area contributed by atoms with Crippen LogP contribution in [0.25, 0.3) is 0 Å². The molecule has 11 heteroatoms. The molecule has 2 amide bonds. The Morgan fingerprint density at radius 2 is 1.60 bits per heavy atom. The molecule has 1 N–H and O–H groups in total. The number of hydrogen-bond donors (Lipinski definition) is 1. The van der Waals surface area contributed by atoms with Crippen LogP contribution in [-0.4, -0.2) is 50.9 Å². The van der Waals surface area contributed by atoms with E-state index < -0.39 is 28.5 Å². The van der Waals surface area contributed by atoms with Crippen LogP contribution in [0.4, 0.5) is 5.69 Å². The minimum Gasteiger partial charge on any atom is -0.497 e. The molecule has 0 aliphatic heterocycles. The van der Waals surface area contributed by atoms with Gasteiger partial charge in [0.05, 0.1) is 17.7 Å². The molecule has 0 saturated heterocycles. The van der Waals surface area contributed by atoms with Gasteiger partial charge in [0, 0.05) is 28.5 Å². The molecule has 0 radical (unpaired) electrons. The van der Waals surface area contributed by atoms with E-state index >= 15 is 0 Å². The Balaban J connectivity index is 1.56. The van der Waals surface area contributed by atoms with Gasteiger partial charge in [-0.2, -0.15) is 0 Å². The van der Waals surface area contributed by atoms with Crippen molar-refractivity contribution in [2.45, 2.75) is 55.6 Å². The summed E-state index contributed by atoms with van der Waals surface area (Å²) < 4.78 is 35.5. The second-order valence-corrected chi connectivity index (χ2v) is 14.7. The summed E-state index contributed by atoms with van der Waals surface area (Å²) >= 11 is 9.83. The summed E-state index contributed by atoms with van der Waals surface area (Å²) in [4.78, 5) is 30.2. The number of methoxy groups -OCH3 is 1. The van der Waals surface area contributed by atoms with Gasteiger partial charge in [-0.3, -0.25) is 13.9 Å². The van der Waals surface area contributed by atoms with Crippen LogP contribution >= 0.6 is 27.5 Å². The second kappa shape index (κ2) is 15.8. The molecule has 1 saturated carbocycles. The minimum atomic E-state index is -4.26. The predicted molar refractivity (Wildman–Crippen MR) is 188 cm³/mol. The molecule has 1 aliphatic carbocycles. The highest BCUT2D eigenvalue weighted by Gasteiger charge is 2.35. The molecule has 1 fully saturated rings. The first-order chi connectivity index (χ1) is 22.6. The number of halogens is 2. The van der Waals surface area contributed by atoms with Crippen molar-refractivity contribution in [1.29, 1.82) is 0 Å². The molecule has 4 aromatic rings. The highest BCUT2D eigenvalue weighted by molar-refractivity contribution is 9.10. The molecular weight excluding hydrogens is 702 g/mol. The quantitative estimate of drug-likeness (QED) is 0.159. The zero-order chi connectivity index (χ0) is 33.4. The van der Waals surface area contributed by atoms with Gasteiger partial charge < -0.3 is 15.0 Å². The lowest BCUT2D eigenvalue weighted by Crippen LogP contribution is -2.54. The number of anilines is 1. The van der Waals surface area contributed by atoms with Crippen molar-refractivity contribution < 1.29 is 22.7 Å². The zero-order valence-corrected chi connectivity index (χ0v) is 29.2.